The molecule has 0 radical (unpaired) electrons. The Labute approximate surface area is 104 Å². The van der Waals surface area contributed by atoms with Crippen LogP contribution in [0.1, 0.15) is 6.92 Å². The van der Waals surface area contributed by atoms with E-state index in [1.807, 2.05) is 32.0 Å². The summed E-state index contributed by atoms with van der Waals surface area (Å²) in [6.07, 6.45) is 3.52. The molecule has 0 amide bonds. The molecule has 0 spiro atoms. The lowest BCUT2D eigenvalue weighted by molar-refractivity contribution is 0.414. The van der Waals surface area contributed by atoms with E-state index < -0.39 is 15.1 Å². The minimum absolute atomic E-state index is 0.380. The maximum absolute atomic E-state index is 12.4. The standard InChI is InChI=1S/C13H19NO2S/c1-4-8-13(11-14(2)3)17(15,16)12-9-6-5-7-10-12/h4-10,13H,11H2,1-3H3/b8-4+. The molecular weight excluding hydrogens is 234 g/mol. The summed E-state index contributed by atoms with van der Waals surface area (Å²) in [7, 11) is 0.457. The zero-order chi connectivity index (χ0) is 12.9. The van der Waals surface area contributed by atoms with Crippen molar-refractivity contribution in [2.75, 3.05) is 20.6 Å². The molecule has 0 saturated carbocycles. The van der Waals surface area contributed by atoms with Crippen molar-refractivity contribution in [2.45, 2.75) is 17.1 Å². The third-order valence-electron chi connectivity index (χ3n) is 2.42. The first kappa shape index (κ1) is 13.9. The van der Waals surface area contributed by atoms with E-state index >= 15 is 0 Å². The van der Waals surface area contributed by atoms with Gasteiger partial charge in [0.2, 0.25) is 0 Å². The van der Waals surface area contributed by atoms with E-state index in [-0.39, 0.29) is 0 Å². The van der Waals surface area contributed by atoms with Crippen LogP contribution in [-0.2, 0) is 9.84 Å². The molecule has 0 saturated heterocycles. The second-order valence-corrected chi connectivity index (χ2v) is 6.35. The van der Waals surface area contributed by atoms with Gasteiger partial charge in [0, 0.05) is 6.54 Å². The summed E-state index contributed by atoms with van der Waals surface area (Å²) in [5.41, 5.74) is 0. The second-order valence-electron chi connectivity index (χ2n) is 4.18. The molecule has 0 N–H and O–H groups in total. The van der Waals surface area contributed by atoms with Crippen LogP contribution in [0.3, 0.4) is 0 Å². The van der Waals surface area contributed by atoms with Crippen LogP contribution in [-0.4, -0.2) is 39.2 Å². The molecule has 94 valence electrons. The zero-order valence-electron chi connectivity index (χ0n) is 10.5. The third kappa shape index (κ3) is 3.68. The van der Waals surface area contributed by atoms with Gasteiger partial charge in [-0.05, 0) is 33.2 Å². The molecule has 0 aliphatic carbocycles. The van der Waals surface area contributed by atoms with Crippen LogP contribution >= 0.6 is 0 Å². The van der Waals surface area contributed by atoms with Crippen LogP contribution in [0.4, 0.5) is 0 Å². The van der Waals surface area contributed by atoms with Crippen LogP contribution in [0.2, 0.25) is 0 Å². The van der Waals surface area contributed by atoms with Gasteiger partial charge >= 0.3 is 0 Å². The van der Waals surface area contributed by atoms with Gasteiger partial charge in [0.25, 0.3) is 0 Å². The Kier molecular flexibility index (Phi) is 4.90. The van der Waals surface area contributed by atoms with Crippen LogP contribution in [0.5, 0.6) is 0 Å². The molecule has 1 aromatic carbocycles. The highest BCUT2D eigenvalue weighted by Crippen LogP contribution is 2.17. The van der Waals surface area contributed by atoms with Gasteiger partial charge in [-0.25, -0.2) is 8.42 Å². The molecule has 0 aromatic heterocycles. The molecular formula is C13H19NO2S. The van der Waals surface area contributed by atoms with Crippen molar-refractivity contribution < 1.29 is 8.42 Å². The van der Waals surface area contributed by atoms with Gasteiger partial charge in [-0.1, -0.05) is 30.4 Å². The summed E-state index contributed by atoms with van der Waals surface area (Å²) in [6, 6.07) is 8.59. The fourth-order valence-corrected chi connectivity index (χ4v) is 3.37. The fourth-order valence-electron chi connectivity index (χ4n) is 1.62. The Morgan fingerprint density at radius 1 is 1.24 bits per heavy atom. The Balaban J connectivity index is 3.09. The fraction of sp³-hybridized carbons (Fsp3) is 0.385. The lowest BCUT2D eigenvalue weighted by Crippen LogP contribution is -2.31. The first-order chi connectivity index (χ1) is 7.98. The van der Waals surface area contributed by atoms with Gasteiger partial charge in [0.1, 0.15) is 0 Å². The quantitative estimate of drug-likeness (QED) is 0.753. The number of hydrogen-bond acceptors (Lipinski definition) is 3. The molecule has 1 aromatic rings. The van der Waals surface area contributed by atoms with Gasteiger partial charge in [-0.3, -0.25) is 0 Å². The van der Waals surface area contributed by atoms with E-state index in [1.54, 1.807) is 36.4 Å². The van der Waals surface area contributed by atoms with Gasteiger partial charge in [0.15, 0.2) is 9.84 Å². The van der Waals surface area contributed by atoms with Crippen LogP contribution < -0.4 is 0 Å². The Morgan fingerprint density at radius 3 is 2.29 bits per heavy atom. The van der Waals surface area contributed by atoms with E-state index in [2.05, 4.69) is 0 Å². The third-order valence-corrected chi connectivity index (χ3v) is 4.46. The van der Waals surface area contributed by atoms with Crippen molar-refractivity contribution >= 4 is 9.84 Å². The molecule has 0 aliphatic heterocycles. The molecule has 4 heteroatoms. The van der Waals surface area contributed by atoms with E-state index in [0.29, 0.717) is 11.4 Å². The molecule has 1 atom stereocenters. The summed E-state index contributed by atoms with van der Waals surface area (Å²) < 4.78 is 24.8. The van der Waals surface area contributed by atoms with Crippen molar-refractivity contribution in [3.8, 4) is 0 Å². The Hall–Kier alpha value is -1.13. The van der Waals surface area contributed by atoms with Crippen molar-refractivity contribution in [1.29, 1.82) is 0 Å². The van der Waals surface area contributed by atoms with E-state index in [9.17, 15) is 8.42 Å². The Bertz CT molecular complexity index is 463. The molecule has 0 bridgehead atoms. The van der Waals surface area contributed by atoms with E-state index in [4.69, 9.17) is 0 Å². The summed E-state index contributed by atoms with van der Waals surface area (Å²) in [4.78, 5) is 2.26. The highest BCUT2D eigenvalue weighted by molar-refractivity contribution is 7.92. The largest absolute Gasteiger partial charge is 0.308 e. The minimum Gasteiger partial charge on any atom is -0.308 e. The van der Waals surface area contributed by atoms with Gasteiger partial charge < -0.3 is 4.90 Å². The number of allylic oxidation sites excluding steroid dienone is 1. The smallest absolute Gasteiger partial charge is 0.186 e. The first-order valence-electron chi connectivity index (χ1n) is 5.55. The second kappa shape index (κ2) is 5.98. The summed E-state index contributed by atoms with van der Waals surface area (Å²) >= 11 is 0. The van der Waals surface area contributed by atoms with Crippen LogP contribution in [0, 0.1) is 0 Å². The van der Waals surface area contributed by atoms with Crippen molar-refractivity contribution in [3.63, 3.8) is 0 Å². The summed E-state index contributed by atoms with van der Waals surface area (Å²) in [6.45, 7) is 2.32. The normalized spacial score (nSPS) is 14.4. The van der Waals surface area contributed by atoms with Gasteiger partial charge in [-0.2, -0.15) is 0 Å². The highest BCUT2D eigenvalue weighted by atomic mass is 32.2. The SMILES string of the molecule is C/C=C/C(CN(C)C)S(=O)(=O)c1ccccc1. The monoisotopic (exact) mass is 253 g/mol. The topological polar surface area (TPSA) is 37.4 Å². The predicted octanol–water partition coefficient (Wildman–Crippen LogP) is 1.97. The average Bonchev–Trinajstić information content (AvgIpc) is 2.29. The number of hydrogen-bond donors (Lipinski definition) is 0. The first-order valence-corrected chi connectivity index (χ1v) is 7.09. The molecule has 0 aliphatic rings. The lowest BCUT2D eigenvalue weighted by atomic mass is 10.3. The summed E-state index contributed by atoms with van der Waals surface area (Å²) in [5, 5.41) is -0.495. The van der Waals surface area contributed by atoms with Crippen molar-refractivity contribution in [1.82, 2.24) is 4.90 Å². The minimum atomic E-state index is -3.29. The van der Waals surface area contributed by atoms with Gasteiger partial charge in [0.05, 0.1) is 10.1 Å². The van der Waals surface area contributed by atoms with Crippen molar-refractivity contribution in [2.24, 2.45) is 0 Å². The molecule has 1 unspecified atom stereocenters. The summed E-state index contributed by atoms with van der Waals surface area (Å²) in [5.74, 6) is 0. The average molecular weight is 253 g/mol. The highest BCUT2D eigenvalue weighted by Gasteiger charge is 2.25. The maximum atomic E-state index is 12.4. The lowest BCUT2D eigenvalue weighted by Gasteiger charge is -2.18. The number of sulfone groups is 1. The molecule has 1 rings (SSSR count). The number of benzene rings is 1. The number of rotatable bonds is 5. The maximum Gasteiger partial charge on any atom is 0.186 e. The molecule has 0 fully saturated rings. The zero-order valence-corrected chi connectivity index (χ0v) is 11.3. The predicted molar refractivity (Wildman–Crippen MR) is 70.8 cm³/mol. The van der Waals surface area contributed by atoms with E-state index in [0.717, 1.165) is 0 Å². The molecule has 17 heavy (non-hydrogen) atoms. The van der Waals surface area contributed by atoms with Crippen molar-refractivity contribution in [3.05, 3.63) is 42.5 Å². The number of nitrogens with zero attached hydrogens (tertiary/aromatic N) is 1. The molecule has 0 heterocycles. The van der Waals surface area contributed by atoms with Crippen LogP contribution in [0.15, 0.2) is 47.4 Å². The molecule has 3 nitrogen and oxygen atoms in total. The Morgan fingerprint density at radius 2 is 1.82 bits per heavy atom. The van der Waals surface area contributed by atoms with Gasteiger partial charge in [-0.15, -0.1) is 0 Å². The van der Waals surface area contributed by atoms with Crippen LogP contribution in [0.25, 0.3) is 0 Å². The van der Waals surface area contributed by atoms with E-state index in [1.165, 1.54) is 0 Å².